The Bertz CT molecular complexity index is 672. The van der Waals surface area contributed by atoms with Crippen LogP contribution in [0.1, 0.15) is 38.3 Å². The number of rotatable bonds is 4. The van der Waals surface area contributed by atoms with Crippen molar-refractivity contribution in [2.24, 2.45) is 5.92 Å². The van der Waals surface area contributed by atoms with Crippen LogP contribution in [0.5, 0.6) is 0 Å². The maximum absolute atomic E-state index is 10.9. The first kappa shape index (κ1) is 13.9. The van der Waals surface area contributed by atoms with E-state index in [2.05, 4.69) is 33.0 Å². The van der Waals surface area contributed by atoms with Gasteiger partial charge in [0.25, 0.3) is 0 Å². The smallest absolute Gasteiger partial charge is 0.216 e. The topological polar surface area (TPSA) is 85.8 Å². The minimum Gasteiger partial charge on any atom is -0.383 e. The molecule has 1 fully saturated rings. The lowest BCUT2D eigenvalue weighted by atomic mass is 9.80. The van der Waals surface area contributed by atoms with Crippen molar-refractivity contribution in [2.75, 3.05) is 12.3 Å². The number of nitrogens with two attached hydrogens (primary N) is 1. The molecule has 21 heavy (non-hydrogen) atoms. The zero-order valence-corrected chi connectivity index (χ0v) is 12.5. The Morgan fingerprint density at radius 3 is 2.90 bits per heavy atom. The molecule has 0 spiro atoms. The molecule has 0 aromatic carbocycles. The van der Waals surface area contributed by atoms with Crippen LogP contribution in [0.25, 0.3) is 11.0 Å². The third-order valence-electron chi connectivity index (χ3n) is 4.34. The van der Waals surface area contributed by atoms with Crippen molar-refractivity contribution >= 4 is 22.8 Å². The number of hydrogen-bond donors (Lipinski definition) is 2. The van der Waals surface area contributed by atoms with Gasteiger partial charge in [-0.15, -0.1) is 0 Å². The van der Waals surface area contributed by atoms with E-state index in [-0.39, 0.29) is 5.91 Å². The Morgan fingerprint density at radius 2 is 2.24 bits per heavy atom. The summed E-state index contributed by atoms with van der Waals surface area (Å²) in [5.41, 5.74) is 8.14. The number of nitrogens with one attached hydrogen (secondary N) is 1. The van der Waals surface area contributed by atoms with Crippen molar-refractivity contribution in [2.45, 2.75) is 39.2 Å². The third kappa shape index (κ3) is 2.46. The van der Waals surface area contributed by atoms with Gasteiger partial charge in [0.1, 0.15) is 17.8 Å². The van der Waals surface area contributed by atoms with Gasteiger partial charge in [0, 0.05) is 25.7 Å². The standard InChI is InChI=1S/C15H21N5O/c1-3-11-7-20(15-13(11)14(16)18-8-19-15)12-4-10(5-12)6-17-9(2)21/h7-8,10,12H,3-6H2,1-2H3,(H,17,21)(H2,16,18,19). The van der Waals surface area contributed by atoms with Gasteiger partial charge in [-0.05, 0) is 30.7 Å². The average molecular weight is 287 g/mol. The molecule has 3 N–H and O–H groups in total. The average Bonchev–Trinajstić information content (AvgIpc) is 2.77. The first-order valence-corrected chi connectivity index (χ1v) is 7.44. The van der Waals surface area contributed by atoms with Crippen LogP contribution in [-0.2, 0) is 11.2 Å². The number of fused-ring (bicyclic) bond motifs is 1. The van der Waals surface area contributed by atoms with Crippen LogP contribution in [0.4, 0.5) is 5.82 Å². The van der Waals surface area contributed by atoms with Gasteiger partial charge < -0.3 is 15.6 Å². The summed E-state index contributed by atoms with van der Waals surface area (Å²) in [6.45, 7) is 4.44. The highest BCUT2D eigenvalue weighted by Gasteiger charge is 2.32. The number of nitrogen functional groups attached to an aromatic ring is 1. The number of carbonyl (C=O) groups excluding carboxylic acids is 1. The quantitative estimate of drug-likeness (QED) is 0.895. The van der Waals surface area contributed by atoms with Gasteiger partial charge in [-0.3, -0.25) is 4.79 Å². The molecule has 2 aromatic heterocycles. The number of nitrogens with zero attached hydrogens (tertiary/aromatic N) is 3. The lowest BCUT2D eigenvalue weighted by Crippen LogP contribution is -2.36. The number of amides is 1. The van der Waals surface area contributed by atoms with E-state index in [0.29, 0.717) is 17.8 Å². The van der Waals surface area contributed by atoms with E-state index in [4.69, 9.17) is 5.73 Å². The molecule has 6 heteroatoms. The Kier molecular flexibility index (Phi) is 3.53. The van der Waals surface area contributed by atoms with Gasteiger partial charge in [0.15, 0.2) is 0 Å². The summed E-state index contributed by atoms with van der Waals surface area (Å²) < 4.78 is 2.23. The molecule has 0 radical (unpaired) electrons. The fraction of sp³-hybridized carbons (Fsp3) is 0.533. The van der Waals surface area contributed by atoms with Gasteiger partial charge in [-0.25, -0.2) is 9.97 Å². The molecule has 0 bridgehead atoms. The zero-order valence-electron chi connectivity index (χ0n) is 12.5. The number of anilines is 1. The maximum Gasteiger partial charge on any atom is 0.216 e. The Balaban J connectivity index is 1.80. The number of carbonyl (C=O) groups is 1. The Labute approximate surface area is 123 Å². The fourth-order valence-electron chi connectivity index (χ4n) is 3.12. The van der Waals surface area contributed by atoms with Gasteiger partial charge in [-0.2, -0.15) is 0 Å². The molecular formula is C15H21N5O. The van der Waals surface area contributed by atoms with E-state index in [1.807, 2.05) is 0 Å². The third-order valence-corrected chi connectivity index (χ3v) is 4.34. The predicted octanol–water partition coefficient (Wildman–Crippen LogP) is 1.66. The van der Waals surface area contributed by atoms with Crippen LogP contribution in [0.15, 0.2) is 12.5 Å². The lowest BCUT2D eigenvalue weighted by Gasteiger charge is -2.36. The zero-order chi connectivity index (χ0) is 15.0. The Hall–Kier alpha value is -2.11. The number of aryl methyl sites for hydroxylation is 1. The molecule has 2 heterocycles. The first-order chi connectivity index (χ1) is 10.1. The molecular weight excluding hydrogens is 266 g/mol. The molecule has 112 valence electrons. The summed E-state index contributed by atoms with van der Waals surface area (Å²) in [6, 6.07) is 0.445. The first-order valence-electron chi connectivity index (χ1n) is 7.44. The second kappa shape index (κ2) is 5.35. The van der Waals surface area contributed by atoms with Crippen molar-refractivity contribution in [3.63, 3.8) is 0 Å². The molecule has 0 unspecified atom stereocenters. The molecule has 1 saturated carbocycles. The molecule has 2 aromatic rings. The molecule has 0 aliphatic heterocycles. The highest BCUT2D eigenvalue weighted by atomic mass is 16.1. The van der Waals surface area contributed by atoms with E-state index in [0.717, 1.165) is 36.8 Å². The molecule has 3 rings (SSSR count). The monoisotopic (exact) mass is 287 g/mol. The van der Waals surface area contributed by atoms with E-state index >= 15 is 0 Å². The SMILES string of the molecule is CCc1cn(C2CC(CNC(C)=O)C2)c2ncnc(N)c12. The predicted molar refractivity (Wildman–Crippen MR) is 81.8 cm³/mol. The van der Waals surface area contributed by atoms with Gasteiger partial charge >= 0.3 is 0 Å². The number of aromatic nitrogens is 3. The van der Waals surface area contributed by atoms with Gasteiger partial charge in [0.2, 0.25) is 5.91 Å². The number of hydrogen-bond acceptors (Lipinski definition) is 4. The molecule has 1 aliphatic carbocycles. The van der Waals surface area contributed by atoms with Crippen molar-refractivity contribution < 1.29 is 4.79 Å². The van der Waals surface area contributed by atoms with Crippen molar-refractivity contribution in [1.29, 1.82) is 0 Å². The van der Waals surface area contributed by atoms with Crippen molar-refractivity contribution in [3.05, 3.63) is 18.1 Å². The summed E-state index contributed by atoms with van der Waals surface area (Å²) in [4.78, 5) is 19.5. The van der Waals surface area contributed by atoms with E-state index in [9.17, 15) is 4.79 Å². The van der Waals surface area contributed by atoms with Gasteiger partial charge in [0.05, 0.1) is 5.39 Å². The molecule has 1 amide bonds. The molecule has 0 atom stereocenters. The lowest BCUT2D eigenvalue weighted by molar-refractivity contribution is -0.119. The van der Waals surface area contributed by atoms with E-state index in [1.54, 1.807) is 6.92 Å². The summed E-state index contributed by atoms with van der Waals surface area (Å²) in [6.07, 6.45) is 6.74. The Morgan fingerprint density at radius 1 is 1.48 bits per heavy atom. The summed E-state index contributed by atoms with van der Waals surface area (Å²) in [5, 5.41) is 3.88. The summed E-state index contributed by atoms with van der Waals surface area (Å²) >= 11 is 0. The largest absolute Gasteiger partial charge is 0.383 e. The van der Waals surface area contributed by atoms with Crippen molar-refractivity contribution in [3.8, 4) is 0 Å². The van der Waals surface area contributed by atoms with Crippen LogP contribution in [-0.4, -0.2) is 27.0 Å². The second-order valence-electron chi connectivity index (χ2n) is 5.80. The minimum atomic E-state index is 0.0404. The normalized spacial score (nSPS) is 21.2. The maximum atomic E-state index is 10.9. The van der Waals surface area contributed by atoms with Gasteiger partial charge in [-0.1, -0.05) is 6.92 Å². The van der Waals surface area contributed by atoms with Crippen LogP contribution in [0.3, 0.4) is 0 Å². The fourth-order valence-corrected chi connectivity index (χ4v) is 3.12. The van der Waals surface area contributed by atoms with E-state index in [1.165, 1.54) is 11.9 Å². The van der Waals surface area contributed by atoms with E-state index < -0.39 is 0 Å². The second-order valence-corrected chi connectivity index (χ2v) is 5.80. The van der Waals surface area contributed by atoms with Crippen molar-refractivity contribution in [1.82, 2.24) is 19.9 Å². The minimum absolute atomic E-state index is 0.0404. The van der Waals surface area contributed by atoms with Crippen LogP contribution in [0, 0.1) is 5.92 Å². The highest BCUT2D eigenvalue weighted by molar-refractivity contribution is 5.89. The van der Waals surface area contributed by atoms with Crippen LogP contribution < -0.4 is 11.1 Å². The molecule has 1 aliphatic rings. The molecule has 0 saturated heterocycles. The summed E-state index contributed by atoms with van der Waals surface area (Å²) in [7, 11) is 0. The van der Waals surface area contributed by atoms with Crippen LogP contribution in [0.2, 0.25) is 0 Å². The highest BCUT2D eigenvalue weighted by Crippen LogP contribution is 2.40. The summed E-state index contributed by atoms with van der Waals surface area (Å²) in [5.74, 6) is 1.16. The van der Waals surface area contributed by atoms with Crippen LogP contribution >= 0.6 is 0 Å². The molecule has 6 nitrogen and oxygen atoms in total.